The van der Waals surface area contributed by atoms with E-state index < -0.39 is 0 Å². The highest BCUT2D eigenvalue weighted by atomic mass is 32.1. The second kappa shape index (κ2) is 4.28. The minimum Gasteiger partial charge on any atom is -0.465 e. The molecule has 19 heavy (non-hydrogen) atoms. The van der Waals surface area contributed by atoms with E-state index >= 15 is 0 Å². The van der Waals surface area contributed by atoms with Crippen molar-refractivity contribution in [3.8, 4) is 0 Å². The van der Waals surface area contributed by atoms with Crippen LogP contribution in [0.15, 0.2) is 24.3 Å². The van der Waals surface area contributed by atoms with Crippen molar-refractivity contribution in [1.82, 2.24) is 9.88 Å². The zero-order chi connectivity index (χ0) is 12.8. The van der Waals surface area contributed by atoms with Gasteiger partial charge in [-0.15, -0.1) is 11.3 Å². The van der Waals surface area contributed by atoms with E-state index in [2.05, 4.69) is 16.0 Å². The molecule has 0 amide bonds. The molecule has 1 aromatic heterocycles. The molecule has 0 bridgehead atoms. The predicted octanol–water partition coefficient (Wildman–Crippen LogP) is 1.90. The average molecular weight is 274 g/mol. The van der Waals surface area contributed by atoms with Gasteiger partial charge in [0.15, 0.2) is 0 Å². The number of carbonyl (C=O) groups excluding carboxylic acids is 1. The van der Waals surface area contributed by atoms with Crippen molar-refractivity contribution in [1.29, 1.82) is 0 Å². The van der Waals surface area contributed by atoms with Gasteiger partial charge in [0.25, 0.3) is 0 Å². The lowest BCUT2D eigenvalue weighted by Crippen LogP contribution is -2.23. The van der Waals surface area contributed by atoms with Gasteiger partial charge in [-0.05, 0) is 12.1 Å². The third-order valence-electron chi connectivity index (χ3n) is 3.96. The maximum absolute atomic E-state index is 11.5. The largest absolute Gasteiger partial charge is 0.465 e. The number of cyclic esters (lactones) is 1. The number of hydrogen-bond acceptors (Lipinski definition) is 5. The van der Waals surface area contributed by atoms with Crippen molar-refractivity contribution in [2.75, 3.05) is 19.7 Å². The van der Waals surface area contributed by atoms with Crippen LogP contribution in [-0.4, -0.2) is 35.5 Å². The molecule has 4 nitrogen and oxygen atoms in total. The Morgan fingerprint density at radius 3 is 3.11 bits per heavy atom. The summed E-state index contributed by atoms with van der Waals surface area (Å²) in [5.74, 6) is 0.466. The van der Waals surface area contributed by atoms with Crippen LogP contribution in [0.25, 0.3) is 10.2 Å². The van der Waals surface area contributed by atoms with E-state index in [1.54, 1.807) is 11.3 Å². The second-order valence-electron chi connectivity index (χ2n) is 5.27. The van der Waals surface area contributed by atoms with Crippen LogP contribution in [0, 0.1) is 11.8 Å². The Balaban J connectivity index is 1.51. The van der Waals surface area contributed by atoms with Crippen LogP contribution < -0.4 is 0 Å². The van der Waals surface area contributed by atoms with Gasteiger partial charge in [-0.25, -0.2) is 4.98 Å². The van der Waals surface area contributed by atoms with Gasteiger partial charge in [-0.3, -0.25) is 9.69 Å². The van der Waals surface area contributed by atoms with Crippen molar-refractivity contribution in [2.45, 2.75) is 6.54 Å². The molecular formula is C14H14N2O2S. The van der Waals surface area contributed by atoms with Gasteiger partial charge < -0.3 is 4.74 Å². The highest BCUT2D eigenvalue weighted by Crippen LogP contribution is 2.32. The zero-order valence-corrected chi connectivity index (χ0v) is 11.2. The van der Waals surface area contributed by atoms with Crippen LogP contribution in [0.2, 0.25) is 0 Å². The molecule has 2 aromatic rings. The molecule has 0 unspecified atom stereocenters. The van der Waals surface area contributed by atoms with E-state index in [-0.39, 0.29) is 11.9 Å². The monoisotopic (exact) mass is 274 g/mol. The summed E-state index contributed by atoms with van der Waals surface area (Å²) in [4.78, 5) is 18.5. The summed E-state index contributed by atoms with van der Waals surface area (Å²) < 4.78 is 6.32. The first-order chi connectivity index (χ1) is 9.29. The summed E-state index contributed by atoms with van der Waals surface area (Å²) in [6, 6.07) is 8.21. The van der Waals surface area contributed by atoms with Crippen molar-refractivity contribution in [3.05, 3.63) is 29.3 Å². The first kappa shape index (κ1) is 11.4. The maximum atomic E-state index is 11.5. The van der Waals surface area contributed by atoms with Crippen molar-refractivity contribution in [2.24, 2.45) is 11.8 Å². The maximum Gasteiger partial charge on any atom is 0.310 e. The van der Waals surface area contributed by atoms with Crippen LogP contribution in [-0.2, 0) is 16.1 Å². The van der Waals surface area contributed by atoms with Crippen molar-refractivity contribution in [3.63, 3.8) is 0 Å². The molecule has 0 aliphatic carbocycles. The molecule has 1 aromatic carbocycles. The molecule has 4 rings (SSSR count). The van der Waals surface area contributed by atoms with Crippen LogP contribution in [0.3, 0.4) is 0 Å². The fourth-order valence-corrected chi connectivity index (χ4v) is 4.01. The summed E-state index contributed by atoms with van der Waals surface area (Å²) in [7, 11) is 0. The van der Waals surface area contributed by atoms with Crippen molar-refractivity contribution >= 4 is 27.5 Å². The fraction of sp³-hybridized carbons (Fsp3) is 0.429. The third kappa shape index (κ3) is 1.93. The molecule has 2 saturated heterocycles. The average Bonchev–Trinajstić information content (AvgIpc) is 3.06. The summed E-state index contributed by atoms with van der Waals surface area (Å²) in [6.07, 6.45) is 0. The first-order valence-electron chi connectivity index (χ1n) is 6.53. The second-order valence-corrected chi connectivity index (χ2v) is 6.38. The molecule has 5 heteroatoms. The number of nitrogens with zero attached hydrogens (tertiary/aromatic N) is 2. The molecule has 0 saturated carbocycles. The molecule has 2 aliphatic rings. The third-order valence-corrected chi connectivity index (χ3v) is 4.98. The summed E-state index contributed by atoms with van der Waals surface area (Å²) in [5.41, 5.74) is 1.07. The van der Waals surface area contributed by atoms with Crippen LogP contribution in [0.4, 0.5) is 0 Å². The number of fused-ring (bicyclic) bond motifs is 2. The lowest BCUT2D eigenvalue weighted by atomic mass is 10.0. The van der Waals surface area contributed by atoms with Gasteiger partial charge in [0, 0.05) is 19.0 Å². The molecule has 98 valence electrons. The smallest absolute Gasteiger partial charge is 0.310 e. The lowest BCUT2D eigenvalue weighted by Gasteiger charge is -2.14. The standard InChI is InChI=1S/C14H14N2O2S/c17-14-10-6-16(5-9(10)8-18-14)7-13-15-11-3-1-2-4-12(11)19-13/h1-4,9-10H,5-8H2/t9-,10-/m1/s1. The fourth-order valence-electron chi connectivity index (χ4n) is 3.00. The summed E-state index contributed by atoms with van der Waals surface area (Å²) >= 11 is 1.74. The topological polar surface area (TPSA) is 42.4 Å². The van der Waals surface area contributed by atoms with Gasteiger partial charge in [0.1, 0.15) is 5.01 Å². The number of hydrogen-bond donors (Lipinski definition) is 0. The molecule has 3 heterocycles. The Morgan fingerprint density at radius 2 is 2.26 bits per heavy atom. The highest BCUT2D eigenvalue weighted by molar-refractivity contribution is 7.18. The summed E-state index contributed by atoms with van der Waals surface area (Å²) in [5, 5.41) is 1.13. The van der Waals surface area contributed by atoms with E-state index in [0.717, 1.165) is 30.2 Å². The van der Waals surface area contributed by atoms with Crippen LogP contribution in [0.1, 0.15) is 5.01 Å². The number of esters is 1. The molecule has 2 fully saturated rings. The molecule has 0 N–H and O–H groups in total. The number of thiazole rings is 1. The van der Waals surface area contributed by atoms with E-state index in [0.29, 0.717) is 12.5 Å². The quantitative estimate of drug-likeness (QED) is 0.784. The minimum absolute atomic E-state index is 0.0169. The molecule has 2 atom stereocenters. The zero-order valence-electron chi connectivity index (χ0n) is 10.4. The Hall–Kier alpha value is -1.46. The Bertz CT molecular complexity index is 606. The number of benzene rings is 1. The van der Waals surface area contributed by atoms with E-state index in [1.807, 2.05) is 18.2 Å². The van der Waals surface area contributed by atoms with Gasteiger partial charge >= 0.3 is 5.97 Å². The minimum atomic E-state index is -0.0169. The van der Waals surface area contributed by atoms with Gasteiger partial charge in [-0.1, -0.05) is 12.1 Å². The number of rotatable bonds is 2. The highest BCUT2D eigenvalue weighted by Gasteiger charge is 2.43. The number of carbonyl (C=O) groups is 1. The first-order valence-corrected chi connectivity index (χ1v) is 7.35. The normalized spacial score (nSPS) is 26.8. The number of likely N-dealkylation sites (tertiary alicyclic amines) is 1. The molecule has 2 aliphatic heterocycles. The molecule has 0 radical (unpaired) electrons. The van der Waals surface area contributed by atoms with Gasteiger partial charge in [0.05, 0.1) is 29.3 Å². The van der Waals surface area contributed by atoms with E-state index in [9.17, 15) is 4.79 Å². The number of aromatic nitrogens is 1. The van der Waals surface area contributed by atoms with Gasteiger partial charge in [0.2, 0.25) is 0 Å². The van der Waals surface area contributed by atoms with Crippen LogP contribution in [0.5, 0.6) is 0 Å². The van der Waals surface area contributed by atoms with Crippen LogP contribution >= 0.6 is 11.3 Å². The predicted molar refractivity (Wildman–Crippen MR) is 72.8 cm³/mol. The Labute approximate surface area is 115 Å². The van der Waals surface area contributed by atoms with Gasteiger partial charge in [-0.2, -0.15) is 0 Å². The Kier molecular flexibility index (Phi) is 2.56. The van der Waals surface area contributed by atoms with E-state index in [1.165, 1.54) is 4.70 Å². The Morgan fingerprint density at radius 1 is 1.37 bits per heavy atom. The molecule has 0 spiro atoms. The molecular weight excluding hydrogens is 260 g/mol. The SMILES string of the molecule is O=C1OC[C@H]2CN(Cc3nc4ccccc4s3)C[C@@H]12. The number of para-hydroxylation sites is 1. The number of ether oxygens (including phenoxy) is 1. The lowest BCUT2D eigenvalue weighted by molar-refractivity contribution is -0.141. The van der Waals surface area contributed by atoms with E-state index in [4.69, 9.17) is 4.74 Å². The van der Waals surface area contributed by atoms with Crippen molar-refractivity contribution < 1.29 is 9.53 Å². The summed E-state index contributed by atoms with van der Waals surface area (Å²) in [6.45, 7) is 3.21.